The number of hydrogen-bond donors (Lipinski definition) is 1. The van der Waals surface area contributed by atoms with Crippen LogP contribution in [-0.2, 0) is 29.6 Å². The quantitative estimate of drug-likeness (QED) is 0.630. The largest absolute Gasteiger partial charge is 0.379 e. The maximum Gasteiger partial charge on any atom is 0.247 e. The van der Waals surface area contributed by atoms with Gasteiger partial charge in [-0.15, -0.1) is 0 Å². The monoisotopic (exact) mass is 495 g/mol. The van der Waals surface area contributed by atoms with Gasteiger partial charge in [0.2, 0.25) is 26.0 Å². The Labute approximate surface area is 195 Å². The summed E-state index contributed by atoms with van der Waals surface area (Å²) in [5.74, 6) is -0.539. The first-order valence-corrected chi connectivity index (χ1v) is 13.7. The predicted octanol–water partition coefficient (Wildman–Crippen LogP) is 2.12. The first-order chi connectivity index (χ1) is 15.4. The van der Waals surface area contributed by atoms with Gasteiger partial charge in [-0.25, -0.2) is 16.8 Å². The van der Waals surface area contributed by atoms with Crippen molar-refractivity contribution < 1.29 is 26.4 Å². The third kappa shape index (κ3) is 5.91. The molecule has 2 aromatic carbocycles. The summed E-state index contributed by atoms with van der Waals surface area (Å²) in [7, 11) is -7.40. The molecule has 3 rings (SSSR count). The minimum absolute atomic E-state index is 0.114. The molecule has 33 heavy (non-hydrogen) atoms. The smallest absolute Gasteiger partial charge is 0.247 e. The number of benzene rings is 2. The molecule has 180 valence electrons. The maximum atomic E-state index is 12.9. The number of aryl methyl sites for hydroxylation is 2. The zero-order valence-corrected chi connectivity index (χ0v) is 20.7. The number of ether oxygens (including phenoxy) is 1. The zero-order chi connectivity index (χ0) is 24.4. The molecule has 2 aromatic rings. The molecule has 1 amide bonds. The Balaban J connectivity index is 1.79. The van der Waals surface area contributed by atoms with Crippen LogP contribution >= 0.6 is 0 Å². The highest BCUT2D eigenvalue weighted by Gasteiger charge is 2.30. The van der Waals surface area contributed by atoms with E-state index in [-0.39, 0.29) is 18.0 Å². The van der Waals surface area contributed by atoms with Crippen LogP contribution in [0.15, 0.2) is 47.4 Å². The fourth-order valence-electron chi connectivity index (χ4n) is 3.78. The lowest BCUT2D eigenvalue weighted by Crippen LogP contribution is -2.45. The van der Waals surface area contributed by atoms with Gasteiger partial charge in [0.1, 0.15) is 6.04 Å². The summed E-state index contributed by atoms with van der Waals surface area (Å²) in [6, 6.07) is 10.1. The van der Waals surface area contributed by atoms with Gasteiger partial charge >= 0.3 is 0 Å². The van der Waals surface area contributed by atoms with Crippen LogP contribution < -0.4 is 9.62 Å². The number of carbonyl (C=O) groups is 1. The van der Waals surface area contributed by atoms with E-state index < -0.39 is 32.0 Å². The minimum Gasteiger partial charge on any atom is -0.379 e. The second-order valence-electron chi connectivity index (χ2n) is 8.11. The standard InChI is InChI=1S/C22H29N3O6S2/c1-16-13-17(2)15-20(14-16)25(32(4,27)28)18(3)22(26)23-19-5-7-21(8-6-19)33(29,30)24-9-11-31-12-10-24/h5-8,13-15,18H,9-12H2,1-4H3,(H,23,26)/t18-/m1/s1. The summed E-state index contributed by atoms with van der Waals surface area (Å²) in [6.07, 6.45) is 1.06. The van der Waals surface area contributed by atoms with Crippen LogP contribution in [-0.4, -0.2) is 65.6 Å². The number of anilines is 2. The van der Waals surface area contributed by atoms with Crippen molar-refractivity contribution in [3.05, 3.63) is 53.6 Å². The molecule has 0 bridgehead atoms. The predicted molar refractivity (Wildman–Crippen MR) is 127 cm³/mol. The molecular formula is C22H29N3O6S2. The van der Waals surface area contributed by atoms with E-state index >= 15 is 0 Å². The van der Waals surface area contributed by atoms with Crippen LogP contribution in [0, 0.1) is 13.8 Å². The summed E-state index contributed by atoms with van der Waals surface area (Å²) >= 11 is 0. The van der Waals surface area contributed by atoms with Gasteiger partial charge in [-0.3, -0.25) is 9.10 Å². The van der Waals surface area contributed by atoms with Gasteiger partial charge in [-0.2, -0.15) is 4.31 Å². The van der Waals surface area contributed by atoms with Gasteiger partial charge in [-0.05, 0) is 68.3 Å². The van der Waals surface area contributed by atoms with Crippen LogP contribution in [0.25, 0.3) is 0 Å². The Morgan fingerprint density at radius 1 is 1.00 bits per heavy atom. The van der Waals surface area contributed by atoms with E-state index in [2.05, 4.69) is 5.32 Å². The second kappa shape index (κ2) is 9.80. The van der Waals surface area contributed by atoms with Crippen molar-refractivity contribution in [1.82, 2.24) is 4.31 Å². The van der Waals surface area contributed by atoms with Crippen molar-refractivity contribution in [1.29, 1.82) is 0 Å². The molecule has 0 radical (unpaired) electrons. The second-order valence-corrected chi connectivity index (χ2v) is 11.9. The number of morpholine rings is 1. The fraction of sp³-hybridized carbons (Fsp3) is 0.409. The molecule has 0 aromatic heterocycles. The third-order valence-corrected chi connectivity index (χ3v) is 8.43. The molecule has 1 N–H and O–H groups in total. The SMILES string of the molecule is Cc1cc(C)cc(N([C@H](C)C(=O)Nc2ccc(S(=O)(=O)N3CCOCC3)cc2)S(C)(=O)=O)c1. The molecule has 0 saturated carbocycles. The van der Waals surface area contributed by atoms with Crippen molar-refractivity contribution >= 4 is 37.3 Å². The van der Waals surface area contributed by atoms with Crippen LogP contribution in [0.5, 0.6) is 0 Å². The number of nitrogens with zero attached hydrogens (tertiary/aromatic N) is 2. The Hall–Kier alpha value is -2.47. The average Bonchev–Trinajstić information content (AvgIpc) is 2.73. The van der Waals surface area contributed by atoms with E-state index in [1.165, 1.54) is 35.5 Å². The molecule has 1 aliphatic rings. The highest BCUT2D eigenvalue weighted by molar-refractivity contribution is 7.92. The summed E-state index contributed by atoms with van der Waals surface area (Å²) in [5.41, 5.74) is 2.53. The van der Waals surface area contributed by atoms with E-state index in [0.717, 1.165) is 21.7 Å². The Bertz CT molecular complexity index is 1200. The van der Waals surface area contributed by atoms with Gasteiger partial charge in [0.25, 0.3) is 0 Å². The Morgan fingerprint density at radius 2 is 1.55 bits per heavy atom. The highest BCUT2D eigenvalue weighted by atomic mass is 32.2. The third-order valence-electron chi connectivity index (χ3n) is 5.28. The van der Waals surface area contributed by atoms with E-state index in [4.69, 9.17) is 4.74 Å². The Kier molecular flexibility index (Phi) is 7.47. The molecule has 0 unspecified atom stereocenters. The normalized spacial score (nSPS) is 16.2. The molecule has 1 heterocycles. The lowest BCUT2D eigenvalue weighted by Gasteiger charge is -2.29. The van der Waals surface area contributed by atoms with Crippen LogP contribution in [0.4, 0.5) is 11.4 Å². The lowest BCUT2D eigenvalue weighted by molar-refractivity contribution is -0.116. The van der Waals surface area contributed by atoms with Gasteiger partial charge in [-0.1, -0.05) is 6.07 Å². The summed E-state index contributed by atoms with van der Waals surface area (Å²) in [5, 5.41) is 2.68. The van der Waals surface area contributed by atoms with E-state index in [0.29, 0.717) is 24.6 Å². The first-order valence-electron chi connectivity index (χ1n) is 10.5. The van der Waals surface area contributed by atoms with Gasteiger partial charge < -0.3 is 10.1 Å². The molecule has 1 atom stereocenters. The van der Waals surface area contributed by atoms with E-state index in [1.807, 2.05) is 19.9 Å². The number of rotatable bonds is 7. The van der Waals surface area contributed by atoms with Crippen LogP contribution in [0.3, 0.4) is 0 Å². The van der Waals surface area contributed by atoms with Gasteiger partial charge in [0, 0.05) is 18.8 Å². The fourth-order valence-corrected chi connectivity index (χ4v) is 6.35. The topological polar surface area (TPSA) is 113 Å². The molecule has 11 heteroatoms. The van der Waals surface area contributed by atoms with Gasteiger partial charge in [0.05, 0.1) is 30.1 Å². The zero-order valence-electron chi connectivity index (χ0n) is 19.1. The van der Waals surface area contributed by atoms with Gasteiger partial charge in [0.15, 0.2) is 0 Å². The Morgan fingerprint density at radius 3 is 2.06 bits per heavy atom. The molecule has 0 aliphatic carbocycles. The van der Waals surface area contributed by atoms with Crippen LogP contribution in [0.2, 0.25) is 0 Å². The minimum atomic E-state index is -3.75. The van der Waals surface area contributed by atoms with Crippen molar-refractivity contribution in [3.8, 4) is 0 Å². The number of amides is 1. The van der Waals surface area contributed by atoms with E-state index in [1.54, 1.807) is 12.1 Å². The van der Waals surface area contributed by atoms with Crippen LogP contribution in [0.1, 0.15) is 18.1 Å². The summed E-state index contributed by atoms with van der Waals surface area (Å²) in [4.78, 5) is 13.0. The maximum absolute atomic E-state index is 12.9. The number of hydrogen-bond acceptors (Lipinski definition) is 6. The van der Waals surface area contributed by atoms with Crippen molar-refractivity contribution in [3.63, 3.8) is 0 Å². The van der Waals surface area contributed by atoms with Crippen molar-refractivity contribution in [2.75, 3.05) is 42.2 Å². The molecule has 1 saturated heterocycles. The first kappa shape index (κ1) is 25.2. The number of nitrogens with one attached hydrogen (secondary N) is 1. The number of sulfonamides is 2. The van der Waals surface area contributed by atoms with E-state index in [9.17, 15) is 21.6 Å². The molecule has 1 aliphatic heterocycles. The highest BCUT2D eigenvalue weighted by Crippen LogP contribution is 2.25. The molecular weight excluding hydrogens is 466 g/mol. The summed E-state index contributed by atoms with van der Waals surface area (Å²) < 4.78 is 58.2. The lowest BCUT2D eigenvalue weighted by atomic mass is 10.1. The number of carbonyl (C=O) groups excluding carboxylic acids is 1. The summed E-state index contributed by atoms with van der Waals surface area (Å²) in [6.45, 7) is 6.50. The van der Waals surface area contributed by atoms with Crippen molar-refractivity contribution in [2.45, 2.75) is 31.7 Å². The average molecular weight is 496 g/mol. The van der Waals surface area contributed by atoms with Crippen molar-refractivity contribution in [2.24, 2.45) is 0 Å². The molecule has 9 nitrogen and oxygen atoms in total. The molecule has 0 spiro atoms. The molecule has 1 fully saturated rings.